The molecular formula is C13H20N2O3. The second-order valence-electron chi connectivity index (χ2n) is 4.73. The van der Waals surface area contributed by atoms with Crippen LogP contribution < -0.4 is 4.74 Å². The zero-order valence-corrected chi connectivity index (χ0v) is 11.2. The van der Waals surface area contributed by atoms with Crippen molar-refractivity contribution in [3.8, 4) is 5.75 Å². The van der Waals surface area contributed by atoms with Crippen LogP contribution in [0.2, 0.25) is 0 Å². The van der Waals surface area contributed by atoms with Crippen LogP contribution in [-0.2, 0) is 11.3 Å². The van der Waals surface area contributed by atoms with E-state index < -0.39 is 0 Å². The number of ether oxygens (including phenoxy) is 2. The number of aromatic nitrogens is 2. The smallest absolute Gasteiger partial charge is 0.190 e. The fraction of sp³-hybridized carbons (Fsp3) is 0.692. The Morgan fingerprint density at radius 3 is 3.00 bits per heavy atom. The van der Waals surface area contributed by atoms with E-state index in [4.69, 9.17) is 9.47 Å². The highest BCUT2D eigenvalue weighted by atomic mass is 16.5. The van der Waals surface area contributed by atoms with Gasteiger partial charge in [-0.15, -0.1) is 0 Å². The summed E-state index contributed by atoms with van der Waals surface area (Å²) in [6.07, 6.45) is 3.48. The predicted molar refractivity (Wildman–Crippen MR) is 66.9 cm³/mol. The first kappa shape index (κ1) is 13.1. The van der Waals surface area contributed by atoms with Crippen molar-refractivity contribution in [1.29, 1.82) is 0 Å². The van der Waals surface area contributed by atoms with Crippen molar-refractivity contribution in [2.45, 2.75) is 39.3 Å². The van der Waals surface area contributed by atoms with Crippen molar-refractivity contribution in [3.63, 3.8) is 0 Å². The van der Waals surface area contributed by atoms with Gasteiger partial charge in [-0.1, -0.05) is 6.92 Å². The van der Waals surface area contributed by atoms with Gasteiger partial charge in [-0.25, -0.2) is 0 Å². The Morgan fingerprint density at radius 1 is 1.67 bits per heavy atom. The molecule has 2 unspecified atom stereocenters. The Balaban J connectivity index is 2.24. The number of methoxy groups -OCH3 is 1. The molecule has 1 aromatic rings. The van der Waals surface area contributed by atoms with Gasteiger partial charge in [0.15, 0.2) is 11.5 Å². The van der Waals surface area contributed by atoms with Crippen LogP contribution in [-0.4, -0.2) is 35.4 Å². The van der Waals surface area contributed by atoms with Crippen molar-refractivity contribution in [3.05, 3.63) is 11.9 Å². The molecule has 1 aromatic heterocycles. The molecule has 5 heteroatoms. The number of hydrogen-bond donors (Lipinski definition) is 0. The number of hydrogen-bond acceptors (Lipinski definition) is 4. The van der Waals surface area contributed by atoms with E-state index in [0.717, 1.165) is 19.4 Å². The van der Waals surface area contributed by atoms with Gasteiger partial charge in [0.1, 0.15) is 5.69 Å². The summed E-state index contributed by atoms with van der Waals surface area (Å²) >= 11 is 0. The average molecular weight is 252 g/mol. The highest BCUT2D eigenvalue weighted by Gasteiger charge is 2.32. The Labute approximate surface area is 107 Å². The molecule has 5 nitrogen and oxygen atoms in total. The summed E-state index contributed by atoms with van der Waals surface area (Å²) in [7, 11) is 1.57. The summed E-state index contributed by atoms with van der Waals surface area (Å²) in [6.45, 7) is 5.28. The normalized spacial score (nSPS) is 23.3. The minimum atomic E-state index is -0.0683. The lowest BCUT2D eigenvalue weighted by Crippen LogP contribution is -2.20. The molecule has 0 N–H and O–H groups in total. The van der Waals surface area contributed by atoms with Crippen LogP contribution >= 0.6 is 0 Å². The first-order chi connectivity index (χ1) is 8.67. The van der Waals surface area contributed by atoms with Crippen molar-refractivity contribution in [2.75, 3.05) is 13.7 Å². The van der Waals surface area contributed by atoms with Gasteiger partial charge >= 0.3 is 0 Å². The van der Waals surface area contributed by atoms with Crippen LogP contribution in [0.5, 0.6) is 5.75 Å². The Bertz CT molecular complexity index is 428. The first-order valence-electron chi connectivity index (χ1n) is 6.43. The summed E-state index contributed by atoms with van der Waals surface area (Å²) < 4.78 is 12.4. The maximum absolute atomic E-state index is 12.5. The summed E-state index contributed by atoms with van der Waals surface area (Å²) in [6, 6.07) is 0. The van der Waals surface area contributed by atoms with Crippen molar-refractivity contribution >= 4 is 5.78 Å². The van der Waals surface area contributed by atoms with E-state index in [1.54, 1.807) is 18.0 Å². The molecular weight excluding hydrogens is 232 g/mol. The molecule has 0 spiro atoms. The molecule has 2 rings (SSSR count). The summed E-state index contributed by atoms with van der Waals surface area (Å²) in [5, 5.41) is 4.22. The molecule has 2 heterocycles. The van der Waals surface area contributed by atoms with Crippen molar-refractivity contribution < 1.29 is 14.3 Å². The highest BCUT2D eigenvalue weighted by Crippen LogP contribution is 2.27. The molecule has 0 aromatic carbocycles. The van der Waals surface area contributed by atoms with Crippen LogP contribution in [0.1, 0.15) is 37.2 Å². The minimum absolute atomic E-state index is 0.0683. The maximum atomic E-state index is 12.5. The second kappa shape index (κ2) is 5.52. The van der Waals surface area contributed by atoms with Crippen LogP contribution in [0.3, 0.4) is 0 Å². The zero-order chi connectivity index (χ0) is 13.1. The molecule has 1 fully saturated rings. The molecule has 0 radical (unpaired) electrons. The predicted octanol–water partition coefficient (Wildman–Crippen LogP) is 1.91. The van der Waals surface area contributed by atoms with Gasteiger partial charge in [0.2, 0.25) is 0 Å². The molecule has 100 valence electrons. The third kappa shape index (κ3) is 2.41. The quantitative estimate of drug-likeness (QED) is 0.751. The van der Waals surface area contributed by atoms with Gasteiger partial charge < -0.3 is 9.47 Å². The summed E-state index contributed by atoms with van der Waals surface area (Å²) in [5.74, 6) is 0.580. The SMILES string of the molecule is CCCn1ncc(OC)c1C(=O)C1COC(C)C1. The summed E-state index contributed by atoms with van der Waals surface area (Å²) in [5.41, 5.74) is 0.585. The van der Waals surface area contributed by atoms with E-state index in [0.29, 0.717) is 18.1 Å². The van der Waals surface area contributed by atoms with E-state index in [2.05, 4.69) is 12.0 Å². The van der Waals surface area contributed by atoms with E-state index in [-0.39, 0.29) is 17.8 Å². The Hall–Kier alpha value is -1.36. The maximum Gasteiger partial charge on any atom is 0.190 e. The topological polar surface area (TPSA) is 53.4 Å². The lowest BCUT2D eigenvalue weighted by molar-refractivity contribution is 0.0864. The monoisotopic (exact) mass is 252 g/mol. The standard InChI is InChI=1S/C13H20N2O3/c1-4-5-15-12(11(17-3)7-14-15)13(16)10-6-9(2)18-8-10/h7,9-10H,4-6,8H2,1-3H3. The molecule has 0 bridgehead atoms. The summed E-state index contributed by atoms with van der Waals surface area (Å²) in [4.78, 5) is 12.5. The third-order valence-electron chi connectivity index (χ3n) is 3.26. The fourth-order valence-corrected chi connectivity index (χ4v) is 2.34. The number of Topliss-reactive ketones (excluding diaryl/α,β-unsaturated/α-hetero) is 1. The van der Waals surface area contributed by atoms with E-state index in [1.165, 1.54) is 0 Å². The lowest BCUT2D eigenvalue weighted by Gasteiger charge is -2.10. The zero-order valence-electron chi connectivity index (χ0n) is 11.2. The van der Waals surface area contributed by atoms with Crippen LogP contribution in [0.15, 0.2) is 6.20 Å². The van der Waals surface area contributed by atoms with Crippen LogP contribution in [0.25, 0.3) is 0 Å². The van der Waals surface area contributed by atoms with Gasteiger partial charge in [-0.3, -0.25) is 9.48 Å². The number of rotatable bonds is 5. The molecule has 1 aliphatic heterocycles. The van der Waals surface area contributed by atoms with E-state index >= 15 is 0 Å². The third-order valence-corrected chi connectivity index (χ3v) is 3.26. The van der Waals surface area contributed by atoms with Gasteiger partial charge in [0.05, 0.1) is 26.0 Å². The Kier molecular flexibility index (Phi) is 4.01. The number of carbonyl (C=O) groups excluding carboxylic acids is 1. The lowest BCUT2D eigenvalue weighted by atomic mass is 9.98. The highest BCUT2D eigenvalue weighted by molar-refractivity contribution is 5.99. The largest absolute Gasteiger partial charge is 0.493 e. The molecule has 0 saturated carbocycles. The minimum Gasteiger partial charge on any atom is -0.493 e. The average Bonchev–Trinajstić information content (AvgIpc) is 2.95. The van der Waals surface area contributed by atoms with Crippen molar-refractivity contribution in [1.82, 2.24) is 9.78 Å². The van der Waals surface area contributed by atoms with Gasteiger partial charge in [0, 0.05) is 12.5 Å². The van der Waals surface area contributed by atoms with Crippen LogP contribution in [0, 0.1) is 5.92 Å². The van der Waals surface area contributed by atoms with Gasteiger partial charge in [-0.05, 0) is 19.8 Å². The number of aryl methyl sites for hydroxylation is 1. The number of carbonyl (C=O) groups is 1. The number of ketones is 1. The van der Waals surface area contributed by atoms with E-state index in [1.807, 2.05) is 6.92 Å². The van der Waals surface area contributed by atoms with Crippen LogP contribution in [0.4, 0.5) is 0 Å². The number of nitrogens with zero attached hydrogens (tertiary/aromatic N) is 2. The molecule has 0 aliphatic carbocycles. The Morgan fingerprint density at radius 2 is 2.44 bits per heavy atom. The first-order valence-corrected chi connectivity index (χ1v) is 6.43. The van der Waals surface area contributed by atoms with E-state index in [9.17, 15) is 4.79 Å². The molecule has 18 heavy (non-hydrogen) atoms. The molecule has 1 aliphatic rings. The second-order valence-corrected chi connectivity index (χ2v) is 4.73. The van der Waals surface area contributed by atoms with Gasteiger partial charge in [0.25, 0.3) is 0 Å². The van der Waals surface area contributed by atoms with Crippen molar-refractivity contribution in [2.24, 2.45) is 5.92 Å². The molecule has 0 amide bonds. The van der Waals surface area contributed by atoms with Gasteiger partial charge in [-0.2, -0.15) is 5.10 Å². The fourth-order valence-electron chi connectivity index (χ4n) is 2.34. The molecule has 2 atom stereocenters. The molecule has 1 saturated heterocycles.